The summed E-state index contributed by atoms with van der Waals surface area (Å²) in [4.78, 5) is 27.7. The smallest absolute Gasteiger partial charge is 0.407 e. The fourth-order valence-electron chi connectivity index (χ4n) is 5.95. The van der Waals surface area contributed by atoms with Crippen LogP contribution in [0.5, 0.6) is 5.75 Å². The molecule has 0 heterocycles. The Morgan fingerprint density at radius 2 is 1.48 bits per heavy atom. The lowest BCUT2D eigenvalue weighted by molar-refractivity contribution is -0.127. The number of aromatic hydroxyl groups is 1. The summed E-state index contributed by atoms with van der Waals surface area (Å²) in [6.45, 7) is 16.3. The maximum Gasteiger partial charge on any atom is 0.407 e. The Kier molecular flexibility index (Phi) is 11.8. The molecule has 260 valence electrons. The number of alkyl carbamates (subject to hydrolysis) is 1. The molecule has 3 aromatic carbocycles. The van der Waals surface area contributed by atoms with Gasteiger partial charge in [-0.05, 0) is 92.6 Å². The third-order valence-corrected chi connectivity index (χ3v) is 14.0. The highest BCUT2D eigenvalue weighted by Crippen LogP contribution is 2.39. The van der Waals surface area contributed by atoms with E-state index in [2.05, 4.69) is 44.5 Å². The van der Waals surface area contributed by atoms with E-state index in [1.54, 1.807) is 12.1 Å². The minimum absolute atomic E-state index is 0.138. The molecule has 9 heteroatoms. The van der Waals surface area contributed by atoms with Crippen molar-refractivity contribution in [2.24, 2.45) is 5.92 Å². The molecule has 0 radical (unpaired) electrons. The number of fused-ring (bicyclic) bond motifs is 1. The van der Waals surface area contributed by atoms with E-state index in [1.807, 2.05) is 87.5 Å². The van der Waals surface area contributed by atoms with Crippen LogP contribution in [0.2, 0.25) is 18.1 Å². The van der Waals surface area contributed by atoms with Crippen LogP contribution >= 0.6 is 0 Å². The van der Waals surface area contributed by atoms with E-state index in [4.69, 9.17) is 9.16 Å². The summed E-state index contributed by atoms with van der Waals surface area (Å²) in [6, 6.07) is 23.6. The Hall–Kier alpha value is -3.66. The van der Waals surface area contributed by atoms with Gasteiger partial charge in [0.15, 0.2) is 8.32 Å². The number of amides is 2. The zero-order valence-corrected chi connectivity index (χ0v) is 30.7. The Morgan fingerprint density at radius 3 is 2.10 bits per heavy atom. The third kappa shape index (κ3) is 10.2. The van der Waals surface area contributed by atoms with E-state index >= 15 is 0 Å². The number of carbonyl (C=O) groups is 2. The van der Waals surface area contributed by atoms with Crippen LogP contribution in [0.4, 0.5) is 4.79 Å². The van der Waals surface area contributed by atoms with Gasteiger partial charge >= 0.3 is 6.09 Å². The van der Waals surface area contributed by atoms with E-state index in [0.29, 0.717) is 25.7 Å². The van der Waals surface area contributed by atoms with E-state index < -0.39 is 50.2 Å². The molecule has 0 spiro atoms. The lowest BCUT2D eigenvalue weighted by atomic mass is 9.88. The maximum atomic E-state index is 14.4. The molecule has 0 aromatic heterocycles. The molecule has 0 saturated heterocycles. The Morgan fingerprint density at radius 1 is 0.875 bits per heavy atom. The van der Waals surface area contributed by atoms with Gasteiger partial charge in [0.1, 0.15) is 11.4 Å². The highest BCUT2D eigenvalue weighted by atomic mass is 28.4. The first-order valence-electron chi connectivity index (χ1n) is 17.0. The fraction of sp³-hybridized carbons (Fsp3) is 0.487. The quantitative estimate of drug-likeness (QED) is 0.151. The summed E-state index contributed by atoms with van der Waals surface area (Å²) in [5, 5.41) is 27.1. The van der Waals surface area contributed by atoms with Crippen molar-refractivity contribution >= 4 is 20.3 Å². The molecule has 0 bridgehead atoms. The van der Waals surface area contributed by atoms with Crippen LogP contribution in [0, 0.1) is 5.92 Å². The lowest BCUT2D eigenvalue weighted by Crippen LogP contribution is -2.54. The van der Waals surface area contributed by atoms with Gasteiger partial charge in [0.05, 0.1) is 24.3 Å². The summed E-state index contributed by atoms with van der Waals surface area (Å²) in [7, 11) is -2.44. The Balaban J connectivity index is 1.74. The fourth-order valence-corrected chi connectivity index (χ4v) is 7.32. The summed E-state index contributed by atoms with van der Waals surface area (Å²) in [5.74, 6) is -0.638. The second kappa shape index (κ2) is 15.3. The number of hydrogen-bond acceptors (Lipinski definition) is 6. The van der Waals surface area contributed by atoms with Gasteiger partial charge in [0.2, 0.25) is 5.91 Å². The number of rotatable bonds is 12. The van der Waals surface area contributed by atoms with Crippen LogP contribution in [0.25, 0.3) is 0 Å². The van der Waals surface area contributed by atoms with Crippen molar-refractivity contribution in [3.63, 3.8) is 0 Å². The van der Waals surface area contributed by atoms with Crippen molar-refractivity contribution in [3.8, 4) is 5.75 Å². The average Bonchev–Trinajstić information content (AvgIpc) is 3.30. The Labute approximate surface area is 287 Å². The van der Waals surface area contributed by atoms with Crippen LogP contribution in [0.1, 0.15) is 76.3 Å². The molecular formula is C39H54N2O6Si. The molecule has 0 saturated carbocycles. The van der Waals surface area contributed by atoms with Crippen molar-refractivity contribution in [2.75, 3.05) is 0 Å². The number of phenols is 1. The summed E-state index contributed by atoms with van der Waals surface area (Å²) in [6.07, 6.45) is -0.207. The molecule has 0 fully saturated rings. The number of phenolic OH excluding ortho intramolecular Hbond substituents is 1. The van der Waals surface area contributed by atoms with Crippen LogP contribution in [0.15, 0.2) is 78.9 Å². The monoisotopic (exact) mass is 674 g/mol. The number of benzene rings is 3. The molecule has 48 heavy (non-hydrogen) atoms. The van der Waals surface area contributed by atoms with E-state index in [0.717, 1.165) is 22.3 Å². The number of hydrogen-bond donors (Lipinski definition) is 4. The summed E-state index contributed by atoms with van der Waals surface area (Å²) in [5.41, 5.74) is 3.15. The number of carbonyl (C=O) groups excluding carboxylic acids is 2. The first-order valence-corrected chi connectivity index (χ1v) is 19.9. The lowest BCUT2D eigenvalue weighted by Gasteiger charge is -2.42. The highest BCUT2D eigenvalue weighted by Gasteiger charge is 2.43. The van der Waals surface area contributed by atoms with E-state index in [-0.39, 0.29) is 16.7 Å². The number of ether oxygens (including phenoxy) is 1. The average molecular weight is 675 g/mol. The minimum atomic E-state index is -2.44. The topological polar surface area (TPSA) is 117 Å². The summed E-state index contributed by atoms with van der Waals surface area (Å²) < 4.78 is 12.9. The first-order chi connectivity index (χ1) is 22.4. The van der Waals surface area contributed by atoms with Gasteiger partial charge in [-0.25, -0.2) is 4.79 Å². The van der Waals surface area contributed by atoms with Crippen LogP contribution in [0.3, 0.4) is 0 Å². The second-order valence-corrected chi connectivity index (χ2v) is 20.4. The van der Waals surface area contributed by atoms with Crippen LogP contribution < -0.4 is 10.6 Å². The van der Waals surface area contributed by atoms with Gasteiger partial charge in [0, 0.05) is 12.3 Å². The van der Waals surface area contributed by atoms with E-state index in [1.165, 1.54) is 0 Å². The normalized spacial score (nSPS) is 18.4. The van der Waals surface area contributed by atoms with Crippen LogP contribution in [-0.2, 0) is 33.2 Å². The number of aliphatic hydroxyl groups excluding tert-OH is 1. The molecule has 3 aromatic rings. The van der Waals surface area contributed by atoms with Crippen molar-refractivity contribution in [2.45, 2.75) is 115 Å². The predicted molar refractivity (Wildman–Crippen MR) is 192 cm³/mol. The predicted octanol–water partition coefficient (Wildman–Crippen LogP) is 7.24. The van der Waals surface area contributed by atoms with Gasteiger partial charge in [-0.2, -0.15) is 0 Å². The molecule has 4 N–H and O–H groups in total. The largest absolute Gasteiger partial charge is 0.508 e. The molecule has 0 aliphatic heterocycles. The molecule has 2 amide bonds. The second-order valence-electron chi connectivity index (χ2n) is 15.6. The van der Waals surface area contributed by atoms with Gasteiger partial charge in [-0.1, -0.05) is 87.5 Å². The van der Waals surface area contributed by atoms with Crippen molar-refractivity contribution in [1.82, 2.24) is 10.6 Å². The van der Waals surface area contributed by atoms with Crippen molar-refractivity contribution < 1.29 is 29.0 Å². The molecule has 4 rings (SSSR count). The minimum Gasteiger partial charge on any atom is -0.508 e. The molecule has 1 aliphatic carbocycles. The van der Waals surface area contributed by atoms with Crippen molar-refractivity contribution in [3.05, 3.63) is 101 Å². The van der Waals surface area contributed by atoms with Crippen molar-refractivity contribution in [1.29, 1.82) is 0 Å². The van der Waals surface area contributed by atoms with E-state index in [9.17, 15) is 19.8 Å². The van der Waals surface area contributed by atoms with Gasteiger partial charge in [-0.15, -0.1) is 0 Å². The molecule has 3 unspecified atom stereocenters. The number of nitrogens with one attached hydrogen (secondary N) is 2. The standard InChI is InChI=1S/C39H54N2O6Si/c1-38(2,3)46-37(45)40-32(23-26-14-10-9-11-15-26)34(47-48(7,8)39(4,5)6)25-29(22-27-18-20-30(42)21-19-27)36(44)41-35-31-17-13-12-16-28(31)24-33(35)43/h9-21,29,32-35,42-43H,22-25H2,1-8H3,(H,40,45)(H,41,44)/t29?,32?,33-,34?,35-/m0/s1. The summed E-state index contributed by atoms with van der Waals surface area (Å²) >= 11 is 0. The maximum absolute atomic E-state index is 14.4. The Bertz CT molecular complexity index is 1510. The van der Waals surface area contributed by atoms with Crippen LogP contribution in [-0.4, -0.2) is 54.4 Å². The number of aliphatic hydroxyl groups is 1. The molecule has 1 aliphatic rings. The zero-order valence-electron chi connectivity index (χ0n) is 29.7. The SMILES string of the molecule is CC(C)(C)OC(=O)NC(Cc1ccccc1)C(CC(Cc1ccc(O)cc1)C(=O)N[C@H]1c2ccccc2C[C@@H]1O)O[Si](C)(C)C(C)(C)C. The molecule has 8 nitrogen and oxygen atoms in total. The molecule has 5 atom stereocenters. The zero-order chi connectivity index (χ0) is 35.3. The molecular weight excluding hydrogens is 621 g/mol. The van der Waals surface area contributed by atoms with Gasteiger partial charge in [0.25, 0.3) is 0 Å². The van der Waals surface area contributed by atoms with Gasteiger partial charge in [-0.3, -0.25) is 4.79 Å². The highest BCUT2D eigenvalue weighted by molar-refractivity contribution is 6.74. The van der Waals surface area contributed by atoms with Gasteiger partial charge < -0.3 is 30.0 Å². The first kappa shape index (κ1) is 37.2. The third-order valence-electron chi connectivity index (χ3n) is 9.51.